The van der Waals surface area contributed by atoms with Gasteiger partial charge in [-0.1, -0.05) is 11.6 Å². The van der Waals surface area contributed by atoms with Gasteiger partial charge in [-0.25, -0.2) is 8.78 Å². The second kappa shape index (κ2) is 9.18. The smallest absolute Gasteiger partial charge is 0.254 e. The van der Waals surface area contributed by atoms with E-state index >= 15 is 0 Å². The zero-order valence-electron chi connectivity index (χ0n) is 14.6. The number of carbonyl (C=O) groups is 2. The number of rotatable bonds is 7. The van der Waals surface area contributed by atoms with Crippen LogP contribution in [-0.4, -0.2) is 32.6 Å². The summed E-state index contributed by atoms with van der Waals surface area (Å²) in [5, 5.41) is 5.29. The average Bonchev–Trinajstić information content (AvgIpc) is 2.61. The molecule has 2 rings (SSSR count). The quantitative estimate of drug-likeness (QED) is 0.749. The summed E-state index contributed by atoms with van der Waals surface area (Å²) in [5.41, 5.74) is 0.0321. The van der Waals surface area contributed by atoms with Crippen molar-refractivity contribution in [1.82, 2.24) is 5.32 Å². The van der Waals surface area contributed by atoms with Crippen LogP contribution in [0.4, 0.5) is 14.5 Å². The summed E-state index contributed by atoms with van der Waals surface area (Å²) in [6, 6.07) is 5.62. The molecule has 2 amide bonds. The Balaban J connectivity index is 1.93. The fourth-order valence-electron chi connectivity index (χ4n) is 2.23. The van der Waals surface area contributed by atoms with Gasteiger partial charge in [0, 0.05) is 25.1 Å². The molecule has 0 aromatic heterocycles. The molecule has 0 fully saturated rings. The first-order valence-electron chi connectivity index (χ1n) is 7.80. The first-order valence-corrected chi connectivity index (χ1v) is 8.18. The van der Waals surface area contributed by atoms with Crippen molar-refractivity contribution in [2.45, 2.75) is 6.42 Å². The Kier molecular flexibility index (Phi) is 6.95. The van der Waals surface area contributed by atoms with Gasteiger partial charge in [-0.2, -0.15) is 0 Å². The summed E-state index contributed by atoms with van der Waals surface area (Å²) in [7, 11) is 2.88. The van der Waals surface area contributed by atoms with Gasteiger partial charge in [0.25, 0.3) is 5.91 Å². The van der Waals surface area contributed by atoms with E-state index < -0.39 is 23.4 Å². The van der Waals surface area contributed by atoms with Gasteiger partial charge in [0.2, 0.25) is 5.91 Å². The second-order valence-corrected chi connectivity index (χ2v) is 5.77. The normalized spacial score (nSPS) is 10.3. The maximum absolute atomic E-state index is 13.5. The summed E-state index contributed by atoms with van der Waals surface area (Å²) in [4.78, 5) is 23.9. The molecule has 2 aromatic rings. The summed E-state index contributed by atoms with van der Waals surface area (Å²) in [5.74, 6) is -2.19. The molecule has 0 atom stereocenters. The van der Waals surface area contributed by atoms with Crippen molar-refractivity contribution < 1.29 is 27.8 Å². The molecule has 0 radical (unpaired) electrons. The largest absolute Gasteiger partial charge is 0.495 e. The SMILES string of the molecule is COc1cc(OC)c(NC(=O)CCNC(=O)c2ccc(F)cc2F)cc1Cl. The van der Waals surface area contributed by atoms with E-state index in [9.17, 15) is 18.4 Å². The molecule has 0 aliphatic carbocycles. The number of ether oxygens (including phenoxy) is 2. The predicted molar refractivity (Wildman–Crippen MR) is 96.5 cm³/mol. The van der Waals surface area contributed by atoms with E-state index in [1.165, 1.54) is 26.4 Å². The van der Waals surface area contributed by atoms with E-state index in [2.05, 4.69) is 10.6 Å². The molecular formula is C18H17ClF2N2O4. The van der Waals surface area contributed by atoms with Crippen LogP contribution in [0.25, 0.3) is 0 Å². The van der Waals surface area contributed by atoms with Gasteiger partial charge in [-0.15, -0.1) is 0 Å². The van der Waals surface area contributed by atoms with Crippen LogP contribution in [-0.2, 0) is 4.79 Å². The minimum absolute atomic E-state index is 0.0479. The predicted octanol–water partition coefficient (Wildman–Crippen LogP) is 3.39. The lowest BCUT2D eigenvalue weighted by Crippen LogP contribution is -2.28. The van der Waals surface area contributed by atoms with Crippen LogP contribution >= 0.6 is 11.6 Å². The number of hydrogen-bond acceptors (Lipinski definition) is 4. The summed E-state index contributed by atoms with van der Waals surface area (Å²) in [6.07, 6.45) is -0.0820. The maximum atomic E-state index is 13.5. The molecule has 2 aromatic carbocycles. The van der Waals surface area contributed by atoms with Crippen LogP contribution in [0.15, 0.2) is 30.3 Å². The van der Waals surface area contributed by atoms with E-state index in [0.717, 1.165) is 12.1 Å². The van der Waals surface area contributed by atoms with Gasteiger partial charge < -0.3 is 20.1 Å². The summed E-state index contributed by atoms with van der Waals surface area (Å²) < 4.78 is 36.6. The number of methoxy groups -OCH3 is 2. The molecule has 6 nitrogen and oxygen atoms in total. The van der Waals surface area contributed by atoms with Gasteiger partial charge >= 0.3 is 0 Å². The highest BCUT2D eigenvalue weighted by Crippen LogP contribution is 2.35. The standard InChI is InChI=1S/C18H17ClF2N2O4/c1-26-15-9-16(27-2)14(8-12(15)19)23-17(24)5-6-22-18(25)11-4-3-10(20)7-13(11)21/h3-4,7-9H,5-6H2,1-2H3,(H,22,25)(H,23,24). The number of hydrogen-bond donors (Lipinski definition) is 2. The van der Waals surface area contributed by atoms with Crippen molar-refractivity contribution in [3.8, 4) is 11.5 Å². The fraction of sp³-hybridized carbons (Fsp3) is 0.222. The lowest BCUT2D eigenvalue weighted by atomic mass is 10.2. The highest BCUT2D eigenvalue weighted by Gasteiger charge is 2.14. The zero-order valence-corrected chi connectivity index (χ0v) is 15.3. The Morgan fingerprint density at radius 3 is 2.41 bits per heavy atom. The van der Waals surface area contributed by atoms with Crippen LogP contribution in [0.1, 0.15) is 16.8 Å². The van der Waals surface area contributed by atoms with Gasteiger partial charge in [0.1, 0.15) is 23.1 Å². The lowest BCUT2D eigenvalue weighted by molar-refractivity contribution is -0.116. The second-order valence-electron chi connectivity index (χ2n) is 5.37. The molecule has 0 heterocycles. The van der Waals surface area contributed by atoms with Crippen LogP contribution in [0, 0.1) is 11.6 Å². The van der Waals surface area contributed by atoms with E-state index in [4.69, 9.17) is 21.1 Å². The maximum Gasteiger partial charge on any atom is 0.254 e. The molecule has 0 aliphatic rings. The molecule has 0 spiro atoms. The van der Waals surface area contributed by atoms with E-state index in [1.807, 2.05) is 0 Å². The number of halogens is 3. The molecule has 0 aliphatic heterocycles. The third-order valence-corrected chi connectivity index (χ3v) is 3.86. The molecule has 2 N–H and O–H groups in total. The van der Waals surface area contributed by atoms with E-state index in [1.54, 1.807) is 0 Å². The Morgan fingerprint density at radius 1 is 1.07 bits per heavy atom. The Bertz CT molecular complexity index is 861. The zero-order chi connectivity index (χ0) is 20.0. The molecule has 0 unspecified atom stereocenters. The van der Waals surface area contributed by atoms with Crippen LogP contribution in [0.2, 0.25) is 5.02 Å². The number of amides is 2. The first kappa shape index (κ1) is 20.4. The highest BCUT2D eigenvalue weighted by molar-refractivity contribution is 6.32. The molecule has 9 heteroatoms. The van der Waals surface area contributed by atoms with E-state index in [0.29, 0.717) is 23.3 Å². The minimum Gasteiger partial charge on any atom is -0.495 e. The van der Waals surface area contributed by atoms with Crippen molar-refractivity contribution in [2.75, 3.05) is 26.1 Å². The topological polar surface area (TPSA) is 76.7 Å². The van der Waals surface area contributed by atoms with Crippen LogP contribution < -0.4 is 20.1 Å². The van der Waals surface area contributed by atoms with Crippen LogP contribution in [0.3, 0.4) is 0 Å². The molecule has 0 saturated heterocycles. The third-order valence-electron chi connectivity index (χ3n) is 3.56. The molecule has 27 heavy (non-hydrogen) atoms. The van der Waals surface area contributed by atoms with Gasteiger partial charge in [-0.3, -0.25) is 9.59 Å². The molecule has 0 saturated carbocycles. The van der Waals surface area contributed by atoms with E-state index in [-0.39, 0.29) is 23.6 Å². The average molecular weight is 399 g/mol. The first-order chi connectivity index (χ1) is 12.8. The number of nitrogens with one attached hydrogen (secondary N) is 2. The van der Waals surface area contributed by atoms with Gasteiger partial charge in [-0.05, 0) is 18.2 Å². The Labute approximate surface area is 159 Å². The van der Waals surface area contributed by atoms with Gasteiger partial charge in [0.15, 0.2) is 0 Å². The molecule has 0 bridgehead atoms. The fourth-order valence-corrected chi connectivity index (χ4v) is 2.47. The van der Waals surface area contributed by atoms with Crippen molar-refractivity contribution in [2.24, 2.45) is 0 Å². The summed E-state index contributed by atoms with van der Waals surface area (Å²) >= 11 is 6.03. The van der Waals surface area contributed by atoms with Crippen molar-refractivity contribution in [1.29, 1.82) is 0 Å². The minimum atomic E-state index is -0.977. The van der Waals surface area contributed by atoms with Gasteiger partial charge in [0.05, 0.1) is 30.5 Å². The summed E-state index contributed by atoms with van der Waals surface area (Å²) in [6.45, 7) is -0.0479. The number of benzene rings is 2. The Hall–Kier alpha value is -2.87. The molecular weight excluding hydrogens is 382 g/mol. The monoisotopic (exact) mass is 398 g/mol. The van der Waals surface area contributed by atoms with Crippen LogP contribution in [0.5, 0.6) is 11.5 Å². The van der Waals surface area contributed by atoms with Crippen molar-refractivity contribution in [3.63, 3.8) is 0 Å². The number of anilines is 1. The van der Waals surface area contributed by atoms with Crippen molar-refractivity contribution in [3.05, 3.63) is 52.6 Å². The van der Waals surface area contributed by atoms with Crippen molar-refractivity contribution >= 4 is 29.1 Å². The lowest BCUT2D eigenvalue weighted by Gasteiger charge is -2.13. The molecule has 144 valence electrons. The third kappa shape index (κ3) is 5.30. The number of carbonyl (C=O) groups excluding carboxylic acids is 2. The Morgan fingerprint density at radius 2 is 1.78 bits per heavy atom. The highest BCUT2D eigenvalue weighted by atomic mass is 35.5.